The number of hydrogen-bond donors (Lipinski definition) is 2. The number of hydrogen-bond acceptors (Lipinski definition) is 2. The third kappa shape index (κ3) is 3.24. The molecule has 3 nitrogen and oxygen atoms in total. The molecule has 1 heterocycles. The monoisotopic (exact) mass is 280 g/mol. The molecule has 0 saturated carbocycles. The third-order valence-corrected chi connectivity index (χ3v) is 3.80. The van der Waals surface area contributed by atoms with E-state index in [1.165, 1.54) is 11.1 Å². The van der Waals surface area contributed by atoms with E-state index in [1.807, 2.05) is 37.3 Å². The van der Waals surface area contributed by atoms with E-state index in [1.54, 1.807) is 0 Å². The highest BCUT2D eigenvalue weighted by atomic mass is 16.1. The van der Waals surface area contributed by atoms with Crippen LogP contribution in [0, 0.1) is 6.92 Å². The fourth-order valence-corrected chi connectivity index (χ4v) is 2.82. The van der Waals surface area contributed by atoms with Crippen LogP contribution in [0.15, 0.2) is 42.5 Å². The molecule has 3 heteroatoms. The van der Waals surface area contributed by atoms with Crippen LogP contribution in [0.4, 0.5) is 11.4 Å². The Morgan fingerprint density at radius 1 is 1.24 bits per heavy atom. The van der Waals surface area contributed by atoms with Crippen LogP contribution in [-0.4, -0.2) is 12.5 Å². The summed E-state index contributed by atoms with van der Waals surface area (Å²) >= 11 is 0. The van der Waals surface area contributed by atoms with Gasteiger partial charge in [0.25, 0.3) is 0 Å². The van der Waals surface area contributed by atoms with E-state index >= 15 is 0 Å². The maximum atomic E-state index is 12.2. The van der Waals surface area contributed by atoms with Crippen LogP contribution in [0.1, 0.15) is 23.1 Å². The number of aryl methyl sites for hydroxylation is 2. The summed E-state index contributed by atoms with van der Waals surface area (Å²) in [4.78, 5) is 12.2. The van der Waals surface area contributed by atoms with Crippen LogP contribution in [0.25, 0.3) is 0 Å². The number of anilines is 2. The van der Waals surface area contributed by atoms with Crippen LogP contribution in [0.3, 0.4) is 0 Å². The van der Waals surface area contributed by atoms with Crippen molar-refractivity contribution in [1.82, 2.24) is 0 Å². The summed E-state index contributed by atoms with van der Waals surface area (Å²) in [6.07, 6.45) is 2.63. The first kappa shape index (κ1) is 13.7. The van der Waals surface area contributed by atoms with E-state index in [0.29, 0.717) is 6.42 Å². The number of carbonyl (C=O) groups is 1. The second kappa shape index (κ2) is 6.00. The highest BCUT2D eigenvalue weighted by Crippen LogP contribution is 2.30. The standard InChI is InChI=1S/C18H20N2O/c1-13-5-2-6-14(11-13)12-17(21)20-16-9-3-7-15-8-4-10-19-18(15)16/h2-3,5-7,9,11,19H,4,8,10,12H2,1H3,(H,20,21). The van der Waals surface area contributed by atoms with Crippen molar-refractivity contribution >= 4 is 17.3 Å². The summed E-state index contributed by atoms with van der Waals surface area (Å²) in [5, 5.41) is 6.43. The van der Waals surface area contributed by atoms with Crippen molar-refractivity contribution in [2.45, 2.75) is 26.2 Å². The first-order valence-electron chi connectivity index (χ1n) is 7.43. The van der Waals surface area contributed by atoms with Crippen molar-refractivity contribution in [3.63, 3.8) is 0 Å². The number of amides is 1. The molecule has 2 aromatic rings. The predicted molar refractivity (Wildman–Crippen MR) is 86.8 cm³/mol. The zero-order valence-corrected chi connectivity index (χ0v) is 12.3. The van der Waals surface area contributed by atoms with Crippen molar-refractivity contribution in [3.05, 3.63) is 59.2 Å². The minimum absolute atomic E-state index is 0.0290. The van der Waals surface area contributed by atoms with E-state index in [-0.39, 0.29) is 5.91 Å². The normalized spacial score (nSPS) is 13.2. The first-order chi connectivity index (χ1) is 10.2. The Hall–Kier alpha value is -2.29. The number of para-hydroxylation sites is 1. The molecule has 0 fully saturated rings. The van der Waals surface area contributed by atoms with E-state index in [4.69, 9.17) is 0 Å². The smallest absolute Gasteiger partial charge is 0.228 e. The molecular formula is C18H20N2O. The Morgan fingerprint density at radius 2 is 2.10 bits per heavy atom. The van der Waals surface area contributed by atoms with Crippen molar-refractivity contribution in [3.8, 4) is 0 Å². The highest BCUT2D eigenvalue weighted by Gasteiger charge is 2.14. The lowest BCUT2D eigenvalue weighted by Gasteiger charge is -2.21. The molecule has 0 bridgehead atoms. The fourth-order valence-electron chi connectivity index (χ4n) is 2.82. The second-order valence-corrected chi connectivity index (χ2v) is 5.58. The largest absolute Gasteiger partial charge is 0.383 e. The van der Waals surface area contributed by atoms with Crippen LogP contribution < -0.4 is 10.6 Å². The molecule has 2 aromatic carbocycles. The number of nitrogens with one attached hydrogen (secondary N) is 2. The number of fused-ring (bicyclic) bond motifs is 1. The van der Waals surface area contributed by atoms with Crippen molar-refractivity contribution in [1.29, 1.82) is 0 Å². The Kier molecular flexibility index (Phi) is 3.91. The quantitative estimate of drug-likeness (QED) is 0.903. The van der Waals surface area contributed by atoms with Gasteiger partial charge in [0.15, 0.2) is 0 Å². The van der Waals surface area contributed by atoms with Crippen molar-refractivity contribution in [2.75, 3.05) is 17.2 Å². The van der Waals surface area contributed by atoms with Gasteiger partial charge in [0.1, 0.15) is 0 Å². The van der Waals surface area contributed by atoms with E-state index in [9.17, 15) is 4.79 Å². The molecule has 0 spiro atoms. The Labute approximate surface area is 125 Å². The minimum Gasteiger partial charge on any atom is -0.383 e. The van der Waals surface area contributed by atoms with Crippen LogP contribution in [0.5, 0.6) is 0 Å². The molecule has 1 aliphatic rings. The van der Waals surface area contributed by atoms with Gasteiger partial charge in [-0.3, -0.25) is 4.79 Å². The first-order valence-corrected chi connectivity index (χ1v) is 7.43. The van der Waals surface area contributed by atoms with Gasteiger partial charge in [-0.1, -0.05) is 42.0 Å². The molecule has 3 rings (SSSR count). The molecule has 1 aliphatic heterocycles. The van der Waals surface area contributed by atoms with Gasteiger partial charge in [0.05, 0.1) is 17.8 Å². The predicted octanol–water partition coefficient (Wildman–Crippen LogP) is 3.53. The topological polar surface area (TPSA) is 41.1 Å². The molecule has 108 valence electrons. The number of benzene rings is 2. The summed E-state index contributed by atoms with van der Waals surface area (Å²) in [7, 11) is 0. The molecular weight excluding hydrogens is 260 g/mol. The van der Waals surface area contributed by atoms with Gasteiger partial charge in [-0.15, -0.1) is 0 Å². The van der Waals surface area contributed by atoms with Gasteiger partial charge < -0.3 is 10.6 Å². The van der Waals surface area contributed by atoms with Crippen molar-refractivity contribution in [2.24, 2.45) is 0 Å². The Bertz CT molecular complexity index is 664. The van der Waals surface area contributed by atoms with E-state index in [2.05, 4.69) is 22.8 Å². The van der Waals surface area contributed by atoms with Gasteiger partial charge in [-0.05, 0) is 37.0 Å². The lowest BCUT2D eigenvalue weighted by molar-refractivity contribution is -0.115. The maximum Gasteiger partial charge on any atom is 0.228 e. The lowest BCUT2D eigenvalue weighted by atomic mass is 10.0. The molecule has 0 radical (unpaired) electrons. The zero-order chi connectivity index (χ0) is 14.7. The molecule has 0 atom stereocenters. The molecule has 0 unspecified atom stereocenters. The SMILES string of the molecule is Cc1cccc(CC(=O)Nc2cccc3c2NCCC3)c1. The summed E-state index contributed by atoms with van der Waals surface area (Å²) in [6, 6.07) is 14.2. The van der Waals surface area contributed by atoms with Gasteiger partial charge >= 0.3 is 0 Å². The van der Waals surface area contributed by atoms with Gasteiger partial charge in [-0.25, -0.2) is 0 Å². The third-order valence-electron chi connectivity index (χ3n) is 3.80. The zero-order valence-electron chi connectivity index (χ0n) is 12.3. The number of carbonyl (C=O) groups excluding carboxylic acids is 1. The molecule has 0 aliphatic carbocycles. The summed E-state index contributed by atoms with van der Waals surface area (Å²) in [5.41, 5.74) is 5.49. The number of rotatable bonds is 3. The van der Waals surface area contributed by atoms with Crippen LogP contribution in [-0.2, 0) is 17.6 Å². The van der Waals surface area contributed by atoms with Gasteiger partial charge in [0, 0.05) is 6.54 Å². The molecule has 0 aromatic heterocycles. The Morgan fingerprint density at radius 3 is 2.95 bits per heavy atom. The van der Waals surface area contributed by atoms with Gasteiger partial charge in [-0.2, -0.15) is 0 Å². The second-order valence-electron chi connectivity index (χ2n) is 5.58. The highest BCUT2D eigenvalue weighted by molar-refractivity contribution is 5.96. The average Bonchev–Trinajstić information content (AvgIpc) is 2.47. The van der Waals surface area contributed by atoms with Crippen molar-refractivity contribution < 1.29 is 4.79 Å². The lowest BCUT2D eigenvalue weighted by Crippen LogP contribution is -2.18. The fraction of sp³-hybridized carbons (Fsp3) is 0.278. The van der Waals surface area contributed by atoms with E-state index in [0.717, 1.165) is 36.3 Å². The average molecular weight is 280 g/mol. The van der Waals surface area contributed by atoms with E-state index < -0.39 is 0 Å². The molecule has 2 N–H and O–H groups in total. The molecule has 0 saturated heterocycles. The van der Waals surface area contributed by atoms with Gasteiger partial charge in [0.2, 0.25) is 5.91 Å². The van der Waals surface area contributed by atoms with Crippen LogP contribution >= 0.6 is 0 Å². The summed E-state index contributed by atoms with van der Waals surface area (Å²) in [6.45, 7) is 3.01. The van der Waals surface area contributed by atoms with Crippen LogP contribution in [0.2, 0.25) is 0 Å². The summed E-state index contributed by atoms with van der Waals surface area (Å²) in [5.74, 6) is 0.0290. The maximum absolute atomic E-state index is 12.2. The minimum atomic E-state index is 0.0290. The molecule has 1 amide bonds. The molecule has 21 heavy (non-hydrogen) atoms. The Balaban J connectivity index is 1.73. The summed E-state index contributed by atoms with van der Waals surface area (Å²) < 4.78 is 0.